The van der Waals surface area contributed by atoms with E-state index >= 15 is 0 Å². The smallest absolute Gasteiger partial charge is 0.335 e. The highest BCUT2D eigenvalue weighted by Gasteiger charge is 2.17. The van der Waals surface area contributed by atoms with E-state index in [1.165, 1.54) is 0 Å². The minimum Gasteiger partial charge on any atom is -0.412 e. The molecule has 0 saturated heterocycles. The van der Waals surface area contributed by atoms with Crippen LogP contribution in [-0.4, -0.2) is 39.8 Å². The number of nitrogens with zero attached hydrogens (tertiary/aromatic N) is 2. The number of aromatic nitrogens is 2. The van der Waals surface area contributed by atoms with Crippen LogP contribution < -0.4 is 4.72 Å². The SMILES string of the molecule is CS(=O)(=O)c1nnc(CCNS(=O)(=O)Cc2ccccc2)o1. The number of benzene rings is 1. The zero-order chi connectivity index (χ0) is 16.2. The highest BCUT2D eigenvalue weighted by Crippen LogP contribution is 2.07. The first kappa shape index (κ1) is 16.6. The molecule has 10 heteroatoms. The average molecular weight is 345 g/mol. The lowest BCUT2D eigenvalue weighted by Gasteiger charge is -2.05. The molecular formula is C12H15N3O5S2. The fourth-order valence-corrected chi connectivity index (χ4v) is 3.23. The van der Waals surface area contributed by atoms with Crippen LogP contribution in [0.25, 0.3) is 0 Å². The van der Waals surface area contributed by atoms with E-state index in [-0.39, 0.29) is 24.6 Å². The monoisotopic (exact) mass is 345 g/mol. The summed E-state index contributed by atoms with van der Waals surface area (Å²) in [6.07, 6.45) is 1.06. The van der Waals surface area contributed by atoms with E-state index < -0.39 is 25.1 Å². The molecule has 8 nitrogen and oxygen atoms in total. The van der Waals surface area contributed by atoms with Gasteiger partial charge in [-0.1, -0.05) is 35.4 Å². The molecule has 0 aliphatic heterocycles. The molecule has 1 aromatic heterocycles. The first-order valence-electron chi connectivity index (χ1n) is 6.30. The lowest BCUT2D eigenvalue weighted by molar-refractivity contribution is 0.397. The van der Waals surface area contributed by atoms with E-state index in [9.17, 15) is 16.8 Å². The fourth-order valence-electron chi connectivity index (χ4n) is 1.65. The Morgan fingerprint density at radius 3 is 2.36 bits per heavy atom. The van der Waals surface area contributed by atoms with E-state index in [1.807, 2.05) is 0 Å². The Kier molecular flexibility index (Phi) is 4.94. The molecule has 0 spiro atoms. The molecule has 0 saturated carbocycles. The topological polar surface area (TPSA) is 119 Å². The molecule has 0 radical (unpaired) electrons. The molecule has 1 N–H and O–H groups in total. The van der Waals surface area contributed by atoms with Crippen molar-refractivity contribution in [3.05, 3.63) is 41.8 Å². The van der Waals surface area contributed by atoms with Crippen molar-refractivity contribution >= 4 is 19.9 Å². The predicted molar refractivity (Wildman–Crippen MR) is 78.2 cm³/mol. The normalized spacial score (nSPS) is 12.4. The summed E-state index contributed by atoms with van der Waals surface area (Å²) in [6, 6.07) is 8.76. The number of rotatable bonds is 7. The lowest BCUT2D eigenvalue weighted by Crippen LogP contribution is -2.27. The highest BCUT2D eigenvalue weighted by atomic mass is 32.2. The van der Waals surface area contributed by atoms with E-state index in [4.69, 9.17) is 4.42 Å². The van der Waals surface area contributed by atoms with Gasteiger partial charge in [0.1, 0.15) is 0 Å². The number of nitrogens with one attached hydrogen (secondary N) is 1. The minimum absolute atomic E-state index is 0.0422. The number of hydrogen-bond acceptors (Lipinski definition) is 7. The zero-order valence-corrected chi connectivity index (χ0v) is 13.4. The van der Waals surface area contributed by atoms with Crippen molar-refractivity contribution in [2.45, 2.75) is 17.4 Å². The predicted octanol–water partition coefficient (Wildman–Crippen LogP) is 0.135. The van der Waals surface area contributed by atoms with Crippen LogP contribution >= 0.6 is 0 Å². The van der Waals surface area contributed by atoms with Crippen LogP contribution in [0.5, 0.6) is 0 Å². The van der Waals surface area contributed by atoms with Gasteiger partial charge in [0.15, 0.2) is 0 Å². The van der Waals surface area contributed by atoms with Crippen LogP contribution in [0.1, 0.15) is 11.5 Å². The fraction of sp³-hybridized carbons (Fsp3) is 0.333. The van der Waals surface area contributed by atoms with Crippen molar-refractivity contribution in [3.63, 3.8) is 0 Å². The largest absolute Gasteiger partial charge is 0.412 e. The third-order valence-corrected chi connectivity index (χ3v) is 4.78. The maximum atomic E-state index is 11.9. The first-order chi connectivity index (χ1) is 10.3. The molecular weight excluding hydrogens is 330 g/mol. The highest BCUT2D eigenvalue weighted by molar-refractivity contribution is 7.90. The first-order valence-corrected chi connectivity index (χ1v) is 9.84. The van der Waals surface area contributed by atoms with Gasteiger partial charge in [0.2, 0.25) is 25.8 Å². The Hall–Kier alpha value is -1.78. The van der Waals surface area contributed by atoms with Crippen molar-refractivity contribution in [1.82, 2.24) is 14.9 Å². The van der Waals surface area contributed by atoms with Crippen LogP contribution in [0.4, 0.5) is 0 Å². The van der Waals surface area contributed by atoms with Gasteiger partial charge in [-0.15, -0.1) is 5.10 Å². The standard InChI is InChI=1S/C12H15N3O5S2/c1-21(16,17)12-15-14-11(20-12)7-8-13-22(18,19)9-10-5-3-2-4-6-10/h2-6,13H,7-9H2,1H3. The van der Waals surface area contributed by atoms with Gasteiger partial charge in [-0.2, -0.15) is 0 Å². The summed E-state index contributed by atoms with van der Waals surface area (Å²) in [4.78, 5) is 0. The second kappa shape index (κ2) is 6.55. The Labute approximate surface area is 128 Å². The van der Waals surface area contributed by atoms with E-state index in [1.54, 1.807) is 30.3 Å². The summed E-state index contributed by atoms with van der Waals surface area (Å²) < 4.78 is 53.4. The molecule has 2 rings (SSSR count). The number of hydrogen-bond donors (Lipinski definition) is 1. The van der Waals surface area contributed by atoms with Gasteiger partial charge in [0.05, 0.1) is 5.75 Å². The molecule has 0 amide bonds. The molecule has 0 aliphatic rings. The summed E-state index contributed by atoms with van der Waals surface area (Å²) in [6.45, 7) is 0.0422. The van der Waals surface area contributed by atoms with Gasteiger partial charge < -0.3 is 4.42 Å². The van der Waals surface area contributed by atoms with E-state index in [2.05, 4.69) is 14.9 Å². The Morgan fingerprint density at radius 1 is 1.09 bits per heavy atom. The molecule has 0 aliphatic carbocycles. The van der Waals surface area contributed by atoms with Gasteiger partial charge in [-0.05, 0) is 5.56 Å². The summed E-state index contributed by atoms with van der Waals surface area (Å²) >= 11 is 0. The summed E-state index contributed by atoms with van der Waals surface area (Å²) in [5.41, 5.74) is 0.673. The summed E-state index contributed by atoms with van der Waals surface area (Å²) in [5, 5.41) is 6.47. The van der Waals surface area contributed by atoms with E-state index in [0.29, 0.717) is 5.56 Å². The van der Waals surface area contributed by atoms with Crippen molar-refractivity contribution in [2.24, 2.45) is 0 Å². The van der Waals surface area contributed by atoms with Gasteiger partial charge in [-0.25, -0.2) is 21.6 Å². The molecule has 0 fully saturated rings. The Morgan fingerprint density at radius 2 is 1.77 bits per heavy atom. The Bertz CT molecular complexity index is 829. The third-order valence-electron chi connectivity index (χ3n) is 2.63. The molecule has 0 unspecified atom stereocenters. The van der Waals surface area contributed by atoms with Crippen LogP contribution in [0, 0.1) is 0 Å². The molecule has 2 aromatic rings. The Balaban J connectivity index is 1.89. The maximum absolute atomic E-state index is 11.9. The maximum Gasteiger partial charge on any atom is 0.335 e. The van der Waals surface area contributed by atoms with Gasteiger partial charge in [-0.3, -0.25) is 0 Å². The van der Waals surface area contributed by atoms with Crippen molar-refractivity contribution in [1.29, 1.82) is 0 Å². The second-order valence-electron chi connectivity index (χ2n) is 4.62. The molecule has 1 heterocycles. The molecule has 0 atom stereocenters. The second-order valence-corrected chi connectivity index (χ2v) is 8.32. The van der Waals surface area contributed by atoms with Gasteiger partial charge >= 0.3 is 5.22 Å². The third kappa shape index (κ3) is 4.90. The molecule has 120 valence electrons. The van der Waals surface area contributed by atoms with Crippen molar-refractivity contribution < 1.29 is 21.3 Å². The number of sulfone groups is 1. The van der Waals surface area contributed by atoms with Crippen LogP contribution in [0.15, 0.2) is 40.0 Å². The minimum atomic E-state index is -3.56. The van der Waals surface area contributed by atoms with Crippen LogP contribution in [0.3, 0.4) is 0 Å². The van der Waals surface area contributed by atoms with Crippen LogP contribution in [0.2, 0.25) is 0 Å². The van der Waals surface area contributed by atoms with Gasteiger partial charge in [0.25, 0.3) is 0 Å². The lowest BCUT2D eigenvalue weighted by atomic mass is 10.2. The zero-order valence-electron chi connectivity index (χ0n) is 11.8. The molecule has 1 aromatic carbocycles. The van der Waals surface area contributed by atoms with Crippen molar-refractivity contribution in [3.8, 4) is 0 Å². The van der Waals surface area contributed by atoms with Crippen LogP contribution in [-0.2, 0) is 32.0 Å². The summed E-state index contributed by atoms with van der Waals surface area (Å²) in [7, 11) is -7.04. The number of sulfonamides is 1. The quantitative estimate of drug-likeness (QED) is 0.757. The van der Waals surface area contributed by atoms with Crippen molar-refractivity contribution in [2.75, 3.05) is 12.8 Å². The molecule has 22 heavy (non-hydrogen) atoms. The average Bonchev–Trinajstić information content (AvgIpc) is 2.88. The summed E-state index contributed by atoms with van der Waals surface area (Å²) in [5.74, 6) is -0.0745. The van der Waals surface area contributed by atoms with E-state index in [0.717, 1.165) is 6.26 Å². The van der Waals surface area contributed by atoms with Gasteiger partial charge in [0, 0.05) is 19.2 Å². The molecule has 0 bridgehead atoms.